The Hall–Kier alpha value is -1.06. The highest BCUT2D eigenvalue weighted by Crippen LogP contribution is 2.30. The van der Waals surface area contributed by atoms with Gasteiger partial charge in [-0.25, -0.2) is 0 Å². The van der Waals surface area contributed by atoms with Gasteiger partial charge in [0, 0.05) is 24.8 Å². The van der Waals surface area contributed by atoms with E-state index < -0.39 is 0 Å². The second kappa shape index (κ2) is 7.09. The summed E-state index contributed by atoms with van der Waals surface area (Å²) in [5.74, 6) is 0. The van der Waals surface area contributed by atoms with Crippen molar-refractivity contribution in [2.45, 2.75) is 38.3 Å². The third-order valence-electron chi connectivity index (χ3n) is 4.68. The Labute approximate surface area is 124 Å². The lowest BCUT2D eigenvalue weighted by molar-refractivity contribution is 0.252. The molecule has 1 aliphatic rings. The molecule has 20 heavy (non-hydrogen) atoms. The maximum absolute atomic E-state index is 3.44. The van der Waals surface area contributed by atoms with Gasteiger partial charge in [-0.2, -0.15) is 0 Å². The van der Waals surface area contributed by atoms with Gasteiger partial charge >= 0.3 is 0 Å². The Balaban J connectivity index is 2.19. The van der Waals surface area contributed by atoms with E-state index in [9.17, 15) is 0 Å². The second-order valence-corrected chi connectivity index (χ2v) is 5.95. The predicted octanol–water partition coefficient (Wildman–Crippen LogP) is 2.89. The Morgan fingerprint density at radius 1 is 1.30 bits per heavy atom. The van der Waals surface area contributed by atoms with E-state index in [2.05, 4.69) is 67.4 Å². The molecule has 1 aromatic rings. The molecule has 1 fully saturated rings. The van der Waals surface area contributed by atoms with Crippen molar-refractivity contribution in [1.29, 1.82) is 0 Å². The van der Waals surface area contributed by atoms with Crippen molar-refractivity contribution in [2.24, 2.45) is 0 Å². The summed E-state index contributed by atoms with van der Waals surface area (Å²) >= 11 is 0. The molecule has 1 aliphatic heterocycles. The van der Waals surface area contributed by atoms with Crippen LogP contribution in [0.5, 0.6) is 0 Å². The molecule has 0 aromatic heterocycles. The van der Waals surface area contributed by atoms with Crippen LogP contribution in [-0.2, 0) is 0 Å². The van der Waals surface area contributed by atoms with Crippen LogP contribution in [0.1, 0.15) is 37.8 Å². The van der Waals surface area contributed by atoms with Crippen LogP contribution in [0.25, 0.3) is 0 Å². The van der Waals surface area contributed by atoms with Crippen LogP contribution in [-0.4, -0.2) is 45.2 Å². The topological polar surface area (TPSA) is 18.5 Å². The van der Waals surface area contributed by atoms with E-state index in [1.54, 1.807) is 0 Å². The maximum atomic E-state index is 3.44. The number of hydrogen-bond donors (Lipinski definition) is 1. The highest BCUT2D eigenvalue weighted by atomic mass is 15.2. The molecule has 2 rings (SSSR count). The van der Waals surface area contributed by atoms with Gasteiger partial charge in [0.25, 0.3) is 0 Å². The first-order valence-electron chi connectivity index (χ1n) is 7.85. The predicted molar refractivity (Wildman–Crippen MR) is 87.5 cm³/mol. The molecule has 0 amide bonds. The third-order valence-corrected chi connectivity index (χ3v) is 4.68. The summed E-state index contributed by atoms with van der Waals surface area (Å²) in [7, 11) is 6.54. The monoisotopic (exact) mass is 275 g/mol. The van der Waals surface area contributed by atoms with Gasteiger partial charge in [0.2, 0.25) is 0 Å². The van der Waals surface area contributed by atoms with Crippen LogP contribution >= 0.6 is 0 Å². The molecule has 3 heteroatoms. The summed E-state index contributed by atoms with van der Waals surface area (Å²) < 4.78 is 0. The number of likely N-dealkylation sites (tertiary alicyclic amines) is 1. The Kier molecular flexibility index (Phi) is 5.44. The van der Waals surface area contributed by atoms with E-state index in [4.69, 9.17) is 0 Å². The van der Waals surface area contributed by atoms with E-state index in [1.165, 1.54) is 37.2 Å². The largest absolute Gasteiger partial charge is 0.371 e. The summed E-state index contributed by atoms with van der Waals surface area (Å²) in [6, 6.07) is 9.97. The number of anilines is 1. The molecule has 0 spiro atoms. The van der Waals surface area contributed by atoms with Crippen LogP contribution in [0, 0.1) is 0 Å². The highest BCUT2D eigenvalue weighted by Gasteiger charge is 2.23. The van der Waals surface area contributed by atoms with Gasteiger partial charge in [0.05, 0.1) is 0 Å². The average molecular weight is 275 g/mol. The molecule has 3 nitrogen and oxygen atoms in total. The molecule has 1 heterocycles. The molecule has 0 radical (unpaired) electrons. The molecule has 1 atom stereocenters. The van der Waals surface area contributed by atoms with Gasteiger partial charge in [-0.15, -0.1) is 0 Å². The molecule has 1 aromatic carbocycles. The second-order valence-electron chi connectivity index (χ2n) is 5.95. The Morgan fingerprint density at radius 2 is 1.95 bits per heavy atom. The summed E-state index contributed by atoms with van der Waals surface area (Å²) in [6.45, 7) is 4.66. The Morgan fingerprint density at radius 3 is 2.55 bits per heavy atom. The minimum Gasteiger partial charge on any atom is -0.371 e. The van der Waals surface area contributed by atoms with Crippen molar-refractivity contribution in [1.82, 2.24) is 10.2 Å². The van der Waals surface area contributed by atoms with Crippen LogP contribution in [0.3, 0.4) is 0 Å². The first kappa shape index (κ1) is 15.3. The van der Waals surface area contributed by atoms with Gasteiger partial charge in [0.15, 0.2) is 0 Å². The first-order valence-corrected chi connectivity index (χ1v) is 7.85. The fourth-order valence-corrected chi connectivity index (χ4v) is 3.26. The fourth-order valence-electron chi connectivity index (χ4n) is 3.26. The van der Waals surface area contributed by atoms with Crippen molar-refractivity contribution in [3.8, 4) is 0 Å². The highest BCUT2D eigenvalue weighted by molar-refractivity contribution is 5.55. The molecule has 0 aliphatic carbocycles. The van der Waals surface area contributed by atoms with Crippen LogP contribution < -0.4 is 10.2 Å². The van der Waals surface area contributed by atoms with E-state index in [0.29, 0.717) is 12.1 Å². The minimum atomic E-state index is 0.444. The Bertz CT molecular complexity index is 406. The van der Waals surface area contributed by atoms with Gasteiger partial charge < -0.3 is 15.1 Å². The van der Waals surface area contributed by atoms with Gasteiger partial charge in [-0.1, -0.05) is 25.1 Å². The third kappa shape index (κ3) is 3.33. The zero-order valence-corrected chi connectivity index (χ0v) is 13.4. The number of nitrogens with one attached hydrogen (secondary N) is 1. The molecular weight excluding hydrogens is 246 g/mol. The van der Waals surface area contributed by atoms with Crippen molar-refractivity contribution in [2.75, 3.05) is 39.1 Å². The molecule has 0 saturated carbocycles. The lowest BCUT2D eigenvalue weighted by Crippen LogP contribution is -2.42. The molecule has 112 valence electrons. The van der Waals surface area contributed by atoms with Gasteiger partial charge in [-0.3, -0.25) is 0 Å². The zero-order chi connectivity index (χ0) is 14.5. The van der Waals surface area contributed by atoms with Crippen molar-refractivity contribution >= 4 is 5.69 Å². The maximum Gasteiger partial charge on any atom is 0.0414 e. The molecular formula is C17H29N3. The lowest BCUT2D eigenvalue weighted by atomic mass is 9.98. The number of piperidine rings is 1. The van der Waals surface area contributed by atoms with Crippen molar-refractivity contribution < 1.29 is 0 Å². The number of benzene rings is 1. The summed E-state index contributed by atoms with van der Waals surface area (Å²) in [6.07, 6.45) is 3.64. The molecule has 1 saturated heterocycles. The molecule has 0 bridgehead atoms. The van der Waals surface area contributed by atoms with E-state index in [0.717, 1.165) is 6.42 Å². The average Bonchev–Trinajstić information content (AvgIpc) is 2.49. The van der Waals surface area contributed by atoms with Gasteiger partial charge in [-0.05, 0) is 58.1 Å². The number of para-hydroxylation sites is 1. The zero-order valence-electron chi connectivity index (χ0n) is 13.4. The fraction of sp³-hybridized carbons (Fsp3) is 0.647. The van der Waals surface area contributed by atoms with E-state index in [-0.39, 0.29) is 0 Å². The van der Waals surface area contributed by atoms with E-state index in [1.807, 2.05) is 0 Å². The quantitative estimate of drug-likeness (QED) is 0.891. The van der Waals surface area contributed by atoms with Gasteiger partial charge in [0.1, 0.15) is 0 Å². The van der Waals surface area contributed by atoms with Crippen LogP contribution in [0.15, 0.2) is 24.3 Å². The summed E-state index contributed by atoms with van der Waals surface area (Å²) in [5.41, 5.74) is 2.82. The molecule has 1 unspecified atom stereocenters. The lowest BCUT2D eigenvalue weighted by Gasteiger charge is -2.38. The standard InChI is InChI=1S/C17H29N3/c1-5-16(18-2)15-8-6-7-9-17(15)20(4)14-10-12-19(3)13-11-14/h6-9,14,16,18H,5,10-13H2,1-4H3. The summed E-state index contributed by atoms with van der Waals surface area (Å²) in [4.78, 5) is 4.93. The first-order chi connectivity index (χ1) is 9.67. The SMILES string of the molecule is CCC(NC)c1ccccc1N(C)C1CCN(C)CC1. The van der Waals surface area contributed by atoms with Crippen LogP contribution in [0.2, 0.25) is 0 Å². The number of hydrogen-bond acceptors (Lipinski definition) is 3. The smallest absolute Gasteiger partial charge is 0.0414 e. The normalized spacial score (nSPS) is 19.0. The number of nitrogens with zero attached hydrogens (tertiary/aromatic N) is 2. The number of rotatable bonds is 5. The summed E-state index contributed by atoms with van der Waals surface area (Å²) in [5, 5.41) is 3.44. The van der Waals surface area contributed by atoms with Crippen molar-refractivity contribution in [3.63, 3.8) is 0 Å². The molecule has 1 N–H and O–H groups in total. The van der Waals surface area contributed by atoms with Crippen LogP contribution in [0.4, 0.5) is 5.69 Å². The van der Waals surface area contributed by atoms with Crippen molar-refractivity contribution in [3.05, 3.63) is 29.8 Å². The van der Waals surface area contributed by atoms with E-state index >= 15 is 0 Å². The minimum absolute atomic E-state index is 0.444.